The molecule has 2 unspecified atom stereocenters. The van der Waals surface area contributed by atoms with Gasteiger partial charge >= 0.3 is 0 Å². The zero-order valence-corrected chi connectivity index (χ0v) is 13.5. The van der Waals surface area contributed by atoms with Gasteiger partial charge in [-0.1, -0.05) is 18.6 Å². The number of aliphatic hydroxyl groups is 1. The summed E-state index contributed by atoms with van der Waals surface area (Å²) in [5, 5.41) is 14.2. The summed E-state index contributed by atoms with van der Waals surface area (Å²) in [4.78, 5) is 1.21. The van der Waals surface area contributed by atoms with Gasteiger partial charge in [0.2, 0.25) is 0 Å². The smallest absolute Gasteiger partial charge is 0.132 e. The van der Waals surface area contributed by atoms with E-state index in [0.29, 0.717) is 11.3 Å². The Labute approximate surface area is 131 Å². The molecule has 116 valence electrons. The normalized spacial score (nSPS) is 29.3. The second-order valence-electron chi connectivity index (χ2n) is 6.34. The predicted molar refractivity (Wildman–Crippen MR) is 87.1 cm³/mol. The Morgan fingerprint density at radius 3 is 2.86 bits per heavy atom. The van der Waals surface area contributed by atoms with Crippen molar-refractivity contribution in [2.75, 3.05) is 13.7 Å². The van der Waals surface area contributed by atoms with Gasteiger partial charge in [0.1, 0.15) is 5.75 Å². The lowest BCUT2D eigenvalue weighted by molar-refractivity contribution is 0.122. The molecule has 1 aromatic carbocycles. The third-order valence-electron chi connectivity index (χ3n) is 4.55. The third kappa shape index (κ3) is 3.74. The van der Waals surface area contributed by atoms with Gasteiger partial charge in [0.05, 0.1) is 13.7 Å². The van der Waals surface area contributed by atoms with E-state index < -0.39 is 0 Å². The first kappa shape index (κ1) is 15.2. The Balaban J connectivity index is 1.67. The van der Waals surface area contributed by atoms with E-state index in [1.54, 1.807) is 7.11 Å². The van der Waals surface area contributed by atoms with Crippen LogP contribution in [0.4, 0.5) is 0 Å². The zero-order valence-electron chi connectivity index (χ0n) is 12.7. The van der Waals surface area contributed by atoms with E-state index >= 15 is 0 Å². The summed E-state index contributed by atoms with van der Waals surface area (Å²) in [6.45, 7) is 0.256. The highest BCUT2D eigenvalue weighted by Crippen LogP contribution is 2.42. The molecule has 2 atom stereocenters. The molecule has 1 aromatic rings. The quantitative estimate of drug-likeness (QED) is 0.847. The minimum atomic E-state index is -0.0564. The van der Waals surface area contributed by atoms with Gasteiger partial charge in [-0.25, -0.2) is 0 Å². The summed E-state index contributed by atoms with van der Waals surface area (Å²) in [6, 6.07) is 8.87. The van der Waals surface area contributed by atoms with Crippen LogP contribution < -0.4 is 10.1 Å². The molecule has 2 aliphatic carbocycles. The molecule has 2 aliphatic rings. The molecular weight excluding hydrogens is 282 g/mol. The van der Waals surface area contributed by atoms with Crippen LogP contribution in [0.15, 0.2) is 29.2 Å². The van der Waals surface area contributed by atoms with Crippen molar-refractivity contribution in [3.05, 3.63) is 24.3 Å². The molecule has 2 saturated carbocycles. The van der Waals surface area contributed by atoms with E-state index in [2.05, 4.69) is 17.4 Å². The third-order valence-corrected chi connectivity index (χ3v) is 5.88. The first-order valence-electron chi connectivity index (χ1n) is 7.93. The number of aliphatic hydroxyl groups excluding tert-OH is 1. The van der Waals surface area contributed by atoms with Crippen molar-refractivity contribution >= 4 is 11.8 Å². The Morgan fingerprint density at radius 2 is 2.14 bits per heavy atom. The lowest BCUT2D eigenvalue weighted by atomic mass is 9.82. The Hall–Kier alpha value is -0.710. The highest BCUT2D eigenvalue weighted by Gasteiger charge is 2.40. The van der Waals surface area contributed by atoms with E-state index in [-0.39, 0.29) is 12.1 Å². The molecule has 3 nitrogen and oxygen atoms in total. The lowest BCUT2D eigenvalue weighted by Crippen LogP contribution is -2.53. The first-order valence-corrected chi connectivity index (χ1v) is 8.81. The van der Waals surface area contributed by atoms with Crippen molar-refractivity contribution in [1.82, 2.24) is 5.32 Å². The molecule has 0 saturated heterocycles. The number of hydrogen-bond donors (Lipinski definition) is 2. The average molecular weight is 307 g/mol. The van der Waals surface area contributed by atoms with Gasteiger partial charge in [-0.3, -0.25) is 0 Å². The summed E-state index contributed by atoms with van der Waals surface area (Å²) in [5.41, 5.74) is -0.0564. The van der Waals surface area contributed by atoms with E-state index in [0.717, 1.165) is 18.6 Å². The molecule has 0 amide bonds. The fourth-order valence-electron chi connectivity index (χ4n) is 3.29. The summed E-state index contributed by atoms with van der Waals surface area (Å²) >= 11 is 1.90. The number of thioether (sulfide) groups is 1. The SMILES string of the molecule is COc1ccccc1SC1CCCC(CO)(NC2CC2)C1. The van der Waals surface area contributed by atoms with Crippen molar-refractivity contribution in [2.45, 2.75) is 60.3 Å². The maximum atomic E-state index is 9.91. The van der Waals surface area contributed by atoms with Crippen LogP contribution in [0.1, 0.15) is 38.5 Å². The van der Waals surface area contributed by atoms with E-state index in [4.69, 9.17) is 4.74 Å². The van der Waals surface area contributed by atoms with Crippen LogP contribution in [0.5, 0.6) is 5.75 Å². The molecule has 0 aromatic heterocycles. The molecule has 2 N–H and O–H groups in total. The van der Waals surface area contributed by atoms with Crippen LogP contribution in [-0.4, -0.2) is 35.7 Å². The largest absolute Gasteiger partial charge is 0.496 e. The van der Waals surface area contributed by atoms with Gasteiger partial charge < -0.3 is 15.2 Å². The van der Waals surface area contributed by atoms with Crippen LogP contribution >= 0.6 is 11.8 Å². The minimum absolute atomic E-state index is 0.0564. The highest BCUT2D eigenvalue weighted by molar-refractivity contribution is 8.00. The van der Waals surface area contributed by atoms with Crippen molar-refractivity contribution in [2.24, 2.45) is 0 Å². The average Bonchev–Trinajstić information content (AvgIpc) is 3.32. The number of methoxy groups -OCH3 is 1. The van der Waals surface area contributed by atoms with Crippen molar-refractivity contribution in [3.8, 4) is 5.75 Å². The fraction of sp³-hybridized carbons (Fsp3) is 0.647. The van der Waals surface area contributed by atoms with Crippen LogP contribution in [0.25, 0.3) is 0 Å². The van der Waals surface area contributed by atoms with Crippen LogP contribution in [-0.2, 0) is 0 Å². The van der Waals surface area contributed by atoms with Crippen LogP contribution in [0.2, 0.25) is 0 Å². The fourth-order valence-corrected chi connectivity index (χ4v) is 4.76. The predicted octanol–water partition coefficient (Wildman–Crippen LogP) is 3.21. The lowest BCUT2D eigenvalue weighted by Gasteiger charge is -2.40. The number of ether oxygens (including phenoxy) is 1. The van der Waals surface area contributed by atoms with Gasteiger partial charge in [-0.05, 0) is 44.2 Å². The van der Waals surface area contributed by atoms with Crippen molar-refractivity contribution in [1.29, 1.82) is 0 Å². The van der Waals surface area contributed by atoms with Gasteiger partial charge in [0.15, 0.2) is 0 Å². The van der Waals surface area contributed by atoms with Gasteiger partial charge in [-0.2, -0.15) is 0 Å². The number of benzene rings is 1. The second kappa shape index (κ2) is 6.59. The minimum Gasteiger partial charge on any atom is -0.496 e. The molecule has 0 aliphatic heterocycles. The topological polar surface area (TPSA) is 41.5 Å². The van der Waals surface area contributed by atoms with Crippen LogP contribution in [0, 0.1) is 0 Å². The number of rotatable bonds is 6. The van der Waals surface area contributed by atoms with Gasteiger partial charge in [0.25, 0.3) is 0 Å². The van der Waals surface area contributed by atoms with E-state index in [9.17, 15) is 5.11 Å². The Morgan fingerprint density at radius 1 is 1.33 bits per heavy atom. The number of hydrogen-bond acceptors (Lipinski definition) is 4. The summed E-state index contributed by atoms with van der Waals surface area (Å²) in [6.07, 6.45) is 7.09. The van der Waals surface area contributed by atoms with Gasteiger partial charge in [0, 0.05) is 21.7 Å². The molecule has 0 heterocycles. The van der Waals surface area contributed by atoms with E-state index in [1.807, 2.05) is 23.9 Å². The van der Waals surface area contributed by atoms with Crippen molar-refractivity contribution < 1.29 is 9.84 Å². The molecule has 21 heavy (non-hydrogen) atoms. The zero-order chi connectivity index (χ0) is 14.7. The molecule has 0 radical (unpaired) electrons. The second-order valence-corrected chi connectivity index (χ2v) is 7.69. The Kier molecular flexibility index (Phi) is 4.77. The molecular formula is C17H25NO2S. The summed E-state index contributed by atoms with van der Waals surface area (Å²) < 4.78 is 5.45. The van der Waals surface area contributed by atoms with Crippen molar-refractivity contribution in [3.63, 3.8) is 0 Å². The summed E-state index contributed by atoms with van der Waals surface area (Å²) in [5.74, 6) is 0.956. The molecule has 4 heteroatoms. The number of para-hydroxylation sites is 1. The summed E-state index contributed by atoms with van der Waals surface area (Å²) in [7, 11) is 1.73. The molecule has 0 bridgehead atoms. The molecule has 2 fully saturated rings. The first-order chi connectivity index (χ1) is 10.2. The van der Waals surface area contributed by atoms with E-state index in [1.165, 1.54) is 30.6 Å². The standard InChI is InChI=1S/C17H25NO2S/c1-20-15-6-2-3-7-16(15)21-14-5-4-10-17(11-14,12-19)18-13-8-9-13/h2-3,6-7,13-14,18-19H,4-5,8-12H2,1H3. The highest BCUT2D eigenvalue weighted by atomic mass is 32.2. The van der Waals surface area contributed by atoms with Gasteiger partial charge in [-0.15, -0.1) is 11.8 Å². The molecule has 0 spiro atoms. The number of nitrogens with one attached hydrogen (secondary N) is 1. The molecule has 3 rings (SSSR count). The Bertz CT molecular complexity index is 478. The maximum Gasteiger partial charge on any atom is 0.132 e. The maximum absolute atomic E-state index is 9.91. The van der Waals surface area contributed by atoms with Crippen LogP contribution in [0.3, 0.4) is 0 Å². The monoisotopic (exact) mass is 307 g/mol.